The lowest BCUT2D eigenvalue weighted by molar-refractivity contribution is -0.150. The van der Waals surface area contributed by atoms with Crippen LogP contribution in [0, 0.1) is 107 Å². The highest BCUT2D eigenvalue weighted by Gasteiger charge is 2.25. The molecule has 13 heteroatoms. The van der Waals surface area contributed by atoms with Crippen LogP contribution in [-0.2, 0) is 28.7 Å². The van der Waals surface area contributed by atoms with Crippen LogP contribution in [0.25, 0.3) is 0 Å². The van der Waals surface area contributed by atoms with Crippen molar-refractivity contribution in [3.63, 3.8) is 0 Å². The maximum absolute atomic E-state index is 13.0. The zero-order chi connectivity index (χ0) is 42.4. The molecule has 0 bridgehead atoms. The van der Waals surface area contributed by atoms with Crippen molar-refractivity contribution >= 4 is 23.9 Å². The summed E-state index contributed by atoms with van der Waals surface area (Å²) in [6.07, 6.45) is 16.0. The van der Waals surface area contributed by atoms with E-state index >= 15 is 0 Å². The van der Waals surface area contributed by atoms with Crippen molar-refractivity contribution in [2.24, 2.45) is 0 Å². The van der Waals surface area contributed by atoms with Crippen LogP contribution in [0.1, 0.15) is 90.9 Å². The van der Waals surface area contributed by atoms with Crippen LogP contribution in [-0.4, -0.2) is 82.5 Å². The second kappa shape index (κ2) is 41.7. The summed E-state index contributed by atoms with van der Waals surface area (Å²) in [5.74, 6) is 37.7. The predicted molar refractivity (Wildman–Crippen MR) is 223 cm³/mol. The normalized spacial score (nSPS) is 9.26. The maximum atomic E-state index is 13.0. The number of amides is 3. The van der Waals surface area contributed by atoms with E-state index in [1.807, 2.05) is 6.92 Å². The Hall–Kier alpha value is -6.44. The molecule has 0 fully saturated rings. The van der Waals surface area contributed by atoms with Gasteiger partial charge in [0.2, 0.25) is 11.8 Å². The minimum Gasteiger partial charge on any atom is -0.371 e. The number of ether oxygens (including phenoxy) is 2. The first-order valence-corrected chi connectivity index (χ1v) is 19.4. The van der Waals surface area contributed by atoms with Crippen LogP contribution in [0.5, 0.6) is 0 Å². The standard InChI is InChI=1S/C45H54N6O7/c1-4-7-8-9-10-11-12-13-14-15-16-17-18-19-24-32-39-57-45(55)50-37-29-23-22-28-36-49-44(54)42(47-34-30-25-31-38-51-58-41(52)5-2)43(53)48-35-27-21-20-26-33-46-40-56-6-3/h1,42,46-47,51H,5-6,20-23,25-31,33-38,40H2,2-3H3,(H,48,53)(H,49,54)(H,50,55). The second-order valence-corrected chi connectivity index (χ2v) is 11.7. The van der Waals surface area contributed by atoms with Gasteiger partial charge in [-0.15, -0.1) is 6.42 Å². The number of nitrogens with one attached hydrogen (secondary N) is 6. The van der Waals surface area contributed by atoms with Gasteiger partial charge in [-0.2, -0.15) is 5.48 Å². The third-order valence-electron chi connectivity index (χ3n) is 7.10. The van der Waals surface area contributed by atoms with Gasteiger partial charge in [0, 0.05) is 86.6 Å². The molecular formula is C45H54N6O7. The Bertz CT molecular complexity index is 1810. The van der Waals surface area contributed by atoms with E-state index in [0.717, 1.165) is 64.3 Å². The molecule has 0 radical (unpaired) electrons. The third kappa shape index (κ3) is 36.5. The molecule has 0 aromatic rings. The molecule has 0 saturated carbocycles. The van der Waals surface area contributed by atoms with Gasteiger partial charge >= 0.3 is 12.1 Å². The van der Waals surface area contributed by atoms with Crippen molar-refractivity contribution < 1.29 is 33.5 Å². The Labute approximate surface area is 345 Å². The first-order chi connectivity index (χ1) is 28.5. The molecule has 0 spiro atoms. The average molecular weight is 791 g/mol. The van der Waals surface area contributed by atoms with E-state index in [1.165, 1.54) is 0 Å². The van der Waals surface area contributed by atoms with Gasteiger partial charge < -0.3 is 30.3 Å². The van der Waals surface area contributed by atoms with E-state index in [0.29, 0.717) is 65.3 Å². The number of carbonyl (C=O) groups is 4. The topological polar surface area (TPSA) is 168 Å². The minimum absolute atomic E-state index is 0.303. The fourth-order valence-electron chi connectivity index (χ4n) is 4.23. The van der Waals surface area contributed by atoms with Gasteiger partial charge in [-0.05, 0) is 106 Å². The first kappa shape index (κ1) is 51.6. The lowest BCUT2D eigenvalue weighted by Gasteiger charge is -2.18. The van der Waals surface area contributed by atoms with Crippen LogP contribution in [0.15, 0.2) is 0 Å². The molecule has 58 heavy (non-hydrogen) atoms. The molecule has 0 aliphatic carbocycles. The number of hydroxylamine groups is 1. The molecule has 0 saturated heterocycles. The zero-order valence-electron chi connectivity index (χ0n) is 33.7. The van der Waals surface area contributed by atoms with Crippen LogP contribution in [0.4, 0.5) is 4.79 Å². The van der Waals surface area contributed by atoms with Gasteiger partial charge in [-0.3, -0.25) is 25.0 Å². The van der Waals surface area contributed by atoms with Crippen LogP contribution in [0.3, 0.4) is 0 Å². The fourth-order valence-corrected chi connectivity index (χ4v) is 4.23. The Kier molecular flexibility index (Phi) is 37.1. The summed E-state index contributed by atoms with van der Waals surface area (Å²) in [6, 6.07) is -1.01. The summed E-state index contributed by atoms with van der Waals surface area (Å²) in [7, 11) is 0. The third-order valence-corrected chi connectivity index (χ3v) is 7.10. The summed E-state index contributed by atoms with van der Waals surface area (Å²) < 4.78 is 10.0. The highest BCUT2D eigenvalue weighted by Crippen LogP contribution is 2.01. The van der Waals surface area contributed by atoms with E-state index in [-0.39, 0.29) is 17.8 Å². The number of hydrogen-bond donors (Lipinski definition) is 6. The predicted octanol–water partition coefficient (Wildman–Crippen LogP) is 1.85. The highest BCUT2D eigenvalue weighted by molar-refractivity contribution is 6.04. The van der Waals surface area contributed by atoms with E-state index in [1.54, 1.807) is 6.92 Å². The number of unbranched alkanes of at least 4 members (excludes halogenated alkanes) is 8. The summed E-state index contributed by atoms with van der Waals surface area (Å²) in [5.41, 5.74) is 2.64. The van der Waals surface area contributed by atoms with Crippen molar-refractivity contribution in [3.8, 4) is 107 Å². The Morgan fingerprint density at radius 3 is 1.50 bits per heavy atom. The Morgan fingerprint density at radius 1 is 0.534 bits per heavy atom. The van der Waals surface area contributed by atoms with Gasteiger partial charge in [0.25, 0.3) is 0 Å². The second-order valence-electron chi connectivity index (χ2n) is 11.7. The minimum atomic E-state index is -1.01. The number of terminal acetylenes is 1. The molecule has 0 aromatic carbocycles. The highest BCUT2D eigenvalue weighted by atomic mass is 16.7. The molecule has 0 heterocycles. The lowest BCUT2D eigenvalue weighted by Crippen LogP contribution is -2.54. The molecule has 13 nitrogen and oxygen atoms in total. The van der Waals surface area contributed by atoms with Crippen molar-refractivity contribution in [1.29, 1.82) is 0 Å². The van der Waals surface area contributed by atoms with Crippen LogP contribution in [0.2, 0.25) is 0 Å². The SMILES string of the molecule is C#CC#CC#CC#CC#CC#CC#CC#CC#COC(=O)NCCCCCCNC(=O)C(NCCCCCNOC(=O)CC)C(=O)NCCCCCCNCOCC. The van der Waals surface area contributed by atoms with E-state index in [2.05, 4.69) is 133 Å². The van der Waals surface area contributed by atoms with Gasteiger partial charge in [0.05, 0.1) is 6.73 Å². The van der Waals surface area contributed by atoms with E-state index < -0.39 is 12.1 Å². The largest absolute Gasteiger partial charge is 0.421 e. The zero-order valence-corrected chi connectivity index (χ0v) is 33.7. The summed E-state index contributed by atoms with van der Waals surface area (Å²) in [6.45, 7) is 8.10. The van der Waals surface area contributed by atoms with Crippen molar-refractivity contribution in [2.75, 3.05) is 52.6 Å². The van der Waals surface area contributed by atoms with Gasteiger partial charge in [-0.1, -0.05) is 39.0 Å². The number of alkyl carbamates (subject to hydrolysis) is 1. The Balaban J connectivity index is 4.43. The molecule has 306 valence electrons. The summed E-state index contributed by atoms with van der Waals surface area (Å²) >= 11 is 0. The van der Waals surface area contributed by atoms with Crippen LogP contribution >= 0.6 is 0 Å². The molecule has 1 atom stereocenters. The average Bonchev–Trinajstić information content (AvgIpc) is 3.22. The molecule has 0 rings (SSSR count). The molecule has 1 unspecified atom stereocenters. The van der Waals surface area contributed by atoms with Crippen LogP contribution < -0.4 is 32.1 Å². The van der Waals surface area contributed by atoms with Gasteiger partial charge in [-0.25, -0.2) is 4.79 Å². The molecule has 0 aliphatic heterocycles. The molecule has 6 N–H and O–H groups in total. The van der Waals surface area contributed by atoms with Gasteiger partial charge in [0.1, 0.15) is 6.11 Å². The summed E-state index contributed by atoms with van der Waals surface area (Å²) in [5, 5.41) is 14.7. The number of hydrogen-bond acceptors (Lipinski definition) is 10. The monoisotopic (exact) mass is 790 g/mol. The Morgan fingerprint density at radius 2 is 0.983 bits per heavy atom. The van der Waals surface area contributed by atoms with Crippen molar-refractivity contribution in [2.45, 2.75) is 96.9 Å². The van der Waals surface area contributed by atoms with Gasteiger partial charge in [0.15, 0.2) is 6.04 Å². The quantitative estimate of drug-likeness (QED) is 0.0227. The first-order valence-electron chi connectivity index (χ1n) is 19.4. The van der Waals surface area contributed by atoms with E-state index in [9.17, 15) is 19.2 Å². The molecular weight excluding hydrogens is 737 g/mol. The van der Waals surface area contributed by atoms with Crippen molar-refractivity contribution in [1.82, 2.24) is 32.1 Å². The fraction of sp³-hybridized carbons (Fsp3) is 0.511. The number of rotatable bonds is 28. The van der Waals surface area contributed by atoms with E-state index in [4.69, 9.17) is 20.7 Å². The number of carbonyl (C=O) groups excluding carboxylic acids is 4. The maximum Gasteiger partial charge on any atom is 0.421 e. The molecule has 0 aromatic heterocycles. The smallest absolute Gasteiger partial charge is 0.371 e. The lowest BCUT2D eigenvalue weighted by atomic mass is 10.1. The molecule has 3 amide bonds. The summed E-state index contributed by atoms with van der Waals surface area (Å²) in [4.78, 5) is 53.9. The molecule has 0 aliphatic rings. The van der Waals surface area contributed by atoms with Crippen molar-refractivity contribution in [3.05, 3.63) is 0 Å².